The summed E-state index contributed by atoms with van der Waals surface area (Å²) in [6, 6.07) is 11.2. The summed E-state index contributed by atoms with van der Waals surface area (Å²) in [6.07, 6.45) is 0.342. The van der Waals surface area contributed by atoms with Gasteiger partial charge in [-0.2, -0.15) is 0 Å². The van der Waals surface area contributed by atoms with Gasteiger partial charge in [-0.15, -0.1) is 0 Å². The minimum Gasteiger partial charge on any atom is -0.455 e. The number of halogens is 3. The van der Waals surface area contributed by atoms with E-state index < -0.39 is 18.5 Å². The first-order chi connectivity index (χ1) is 12.0. The molecular weight excluding hydrogens is 368 g/mol. The first kappa shape index (κ1) is 19.2. The Morgan fingerprint density at radius 3 is 2.56 bits per heavy atom. The second-order valence-electron chi connectivity index (χ2n) is 5.28. The first-order valence-corrected chi connectivity index (χ1v) is 8.31. The van der Waals surface area contributed by atoms with E-state index in [4.69, 9.17) is 27.9 Å². The molecule has 2 rings (SSSR count). The van der Waals surface area contributed by atoms with Crippen LogP contribution >= 0.6 is 23.2 Å². The summed E-state index contributed by atoms with van der Waals surface area (Å²) < 4.78 is 18.3. The van der Waals surface area contributed by atoms with E-state index in [-0.39, 0.29) is 18.8 Å². The molecule has 0 fully saturated rings. The van der Waals surface area contributed by atoms with Gasteiger partial charge in [-0.25, -0.2) is 4.39 Å². The fourth-order valence-corrected chi connectivity index (χ4v) is 2.42. The first-order valence-electron chi connectivity index (χ1n) is 7.55. The predicted octanol–water partition coefficient (Wildman–Crippen LogP) is 3.58. The number of hydrogen-bond acceptors (Lipinski definition) is 3. The van der Waals surface area contributed by atoms with E-state index in [1.807, 2.05) is 0 Å². The maximum atomic E-state index is 13.4. The van der Waals surface area contributed by atoms with E-state index >= 15 is 0 Å². The lowest BCUT2D eigenvalue weighted by Crippen LogP contribution is -2.30. The number of ether oxygens (including phenoxy) is 1. The molecule has 0 saturated heterocycles. The molecule has 7 heteroatoms. The molecule has 0 aliphatic rings. The average molecular weight is 384 g/mol. The van der Waals surface area contributed by atoms with Crippen molar-refractivity contribution in [3.05, 3.63) is 69.5 Å². The van der Waals surface area contributed by atoms with Crippen molar-refractivity contribution < 1.29 is 18.7 Å². The van der Waals surface area contributed by atoms with Crippen LogP contribution < -0.4 is 5.32 Å². The summed E-state index contributed by atoms with van der Waals surface area (Å²) in [7, 11) is 0. The Balaban J connectivity index is 1.69. The zero-order valence-corrected chi connectivity index (χ0v) is 14.7. The molecule has 4 nitrogen and oxygen atoms in total. The number of rotatable bonds is 7. The molecule has 132 valence electrons. The van der Waals surface area contributed by atoms with Gasteiger partial charge in [-0.3, -0.25) is 9.59 Å². The van der Waals surface area contributed by atoms with Crippen LogP contribution in [-0.4, -0.2) is 25.0 Å². The summed E-state index contributed by atoms with van der Waals surface area (Å²) in [6.45, 7) is -0.137. The Labute approximate surface area is 154 Å². The van der Waals surface area contributed by atoms with Gasteiger partial charge in [0.05, 0.1) is 16.5 Å². The highest BCUT2D eigenvalue weighted by atomic mass is 35.5. The quantitative estimate of drug-likeness (QED) is 0.743. The molecule has 0 unspecified atom stereocenters. The van der Waals surface area contributed by atoms with Crippen LogP contribution in [0.1, 0.15) is 11.1 Å². The van der Waals surface area contributed by atoms with Gasteiger partial charge in [-0.1, -0.05) is 47.5 Å². The Bertz CT molecular complexity index is 768. The molecule has 0 aliphatic carbocycles. The van der Waals surface area contributed by atoms with Gasteiger partial charge in [0, 0.05) is 6.54 Å². The maximum absolute atomic E-state index is 13.4. The third-order valence-electron chi connectivity index (χ3n) is 3.37. The molecule has 2 aromatic carbocycles. The highest BCUT2D eigenvalue weighted by molar-refractivity contribution is 6.42. The summed E-state index contributed by atoms with van der Waals surface area (Å²) in [5.41, 5.74) is 1.15. The van der Waals surface area contributed by atoms with Crippen LogP contribution in [0.2, 0.25) is 10.0 Å². The van der Waals surface area contributed by atoms with Gasteiger partial charge in [0.25, 0.3) is 5.91 Å². The second-order valence-corrected chi connectivity index (χ2v) is 6.09. The van der Waals surface area contributed by atoms with E-state index in [9.17, 15) is 14.0 Å². The zero-order valence-electron chi connectivity index (χ0n) is 13.2. The molecule has 2 aromatic rings. The zero-order chi connectivity index (χ0) is 18.2. The van der Waals surface area contributed by atoms with Crippen LogP contribution in [0, 0.1) is 5.82 Å². The molecule has 0 aliphatic heterocycles. The van der Waals surface area contributed by atoms with Crippen molar-refractivity contribution in [3.8, 4) is 0 Å². The lowest BCUT2D eigenvalue weighted by atomic mass is 10.1. The van der Waals surface area contributed by atoms with Gasteiger partial charge in [0.1, 0.15) is 5.82 Å². The third-order valence-corrected chi connectivity index (χ3v) is 4.11. The highest BCUT2D eigenvalue weighted by Gasteiger charge is 2.10. The Morgan fingerprint density at radius 1 is 1.08 bits per heavy atom. The predicted molar refractivity (Wildman–Crippen MR) is 94.2 cm³/mol. The van der Waals surface area contributed by atoms with Crippen LogP contribution in [0.4, 0.5) is 4.39 Å². The molecule has 0 radical (unpaired) electrons. The summed E-state index contributed by atoms with van der Waals surface area (Å²) >= 11 is 11.7. The molecule has 0 bridgehead atoms. The fourth-order valence-electron chi connectivity index (χ4n) is 2.10. The van der Waals surface area contributed by atoms with Gasteiger partial charge >= 0.3 is 5.97 Å². The van der Waals surface area contributed by atoms with Crippen molar-refractivity contribution in [2.24, 2.45) is 0 Å². The largest absolute Gasteiger partial charge is 0.455 e. The number of benzene rings is 2. The van der Waals surface area contributed by atoms with Gasteiger partial charge in [-0.05, 0) is 35.7 Å². The van der Waals surface area contributed by atoms with Crippen LogP contribution in [0.3, 0.4) is 0 Å². The van der Waals surface area contributed by atoms with Crippen molar-refractivity contribution in [3.63, 3.8) is 0 Å². The third kappa shape index (κ3) is 6.36. The number of carbonyl (C=O) groups is 2. The second kappa shape index (κ2) is 9.39. The van der Waals surface area contributed by atoms with Crippen LogP contribution in [0.15, 0.2) is 42.5 Å². The van der Waals surface area contributed by atoms with E-state index in [1.54, 1.807) is 36.4 Å². The molecular formula is C18H16Cl2FNO3. The van der Waals surface area contributed by atoms with E-state index in [0.29, 0.717) is 27.6 Å². The van der Waals surface area contributed by atoms with Gasteiger partial charge in [0.15, 0.2) is 6.61 Å². The molecule has 0 saturated carbocycles. The lowest BCUT2D eigenvalue weighted by molar-refractivity contribution is -0.147. The summed E-state index contributed by atoms with van der Waals surface area (Å²) in [4.78, 5) is 23.4. The smallest absolute Gasteiger partial charge is 0.310 e. The van der Waals surface area contributed by atoms with Crippen molar-refractivity contribution >= 4 is 35.1 Å². The van der Waals surface area contributed by atoms with Crippen LogP contribution in [0.25, 0.3) is 0 Å². The summed E-state index contributed by atoms with van der Waals surface area (Å²) in [5.74, 6) is -1.31. The lowest BCUT2D eigenvalue weighted by Gasteiger charge is -2.08. The Hall–Kier alpha value is -2.11. The number of amides is 1. The molecule has 25 heavy (non-hydrogen) atoms. The number of nitrogens with one attached hydrogen (secondary N) is 1. The Kier molecular flexibility index (Phi) is 7.22. The van der Waals surface area contributed by atoms with Crippen molar-refractivity contribution in [2.75, 3.05) is 13.2 Å². The van der Waals surface area contributed by atoms with Crippen LogP contribution in [-0.2, 0) is 27.2 Å². The van der Waals surface area contributed by atoms with E-state index in [2.05, 4.69) is 5.32 Å². The number of hydrogen-bond donors (Lipinski definition) is 1. The molecule has 1 amide bonds. The molecule has 0 atom stereocenters. The SMILES string of the molecule is O=C(COC(=O)Cc1ccc(Cl)c(Cl)c1)NCCc1ccccc1F. The molecule has 0 heterocycles. The van der Waals surface area contributed by atoms with Gasteiger partial charge < -0.3 is 10.1 Å². The average Bonchev–Trinajstić information content (AvgIpc) is 2.58. The minimum absolute atomic E-state index is 0.0145. The number of esters is 1. The van der Waals surface area contributed by atoms with Gasteiger partial charge in [0.2, 0.25) is 0 Å². The van der Waals surface area contributed by atoms with Crippen molar-refractivity contribution in [1.82, 2.24) is 5.32 Å². The topological polar surface area (TPSA) is 55.4 Å². The highest BCUT2D eigenvalue weighted by Crippen LogP contribution is 2.22. The molecule has 0 spiro atoms. The van der Waals surface area contributed by atoms with Crippen molar-refractivity contribution in [2.45, 2.75) is 12.8 Å². The van der Waals surface area contributed by atoms with Crippen molar-refractivity contribution in [1.29, 1.82) is 0 Å². The summed E-state index contributed by atoms with van der Waals surface area (Å²) in [5, 5.41) is 3.31. The van der Waals surface area contributed by atoms with Crippen LogP contribution in [0.5, 0.6) is 0 Å². The maximum Gasteiger partial charge on any atom is 0.310 e. The molecule has 0 aromatic heterocycles. The van der Waals surface area contributed by atoms with E-state index in [0.717, 1.165) is 0 Å². The Morgan fingerprint density at radius 2 is 1.84 bits per heavy atom. The molecule has 1 N–H and O–H groups in total. The van der Waals surface area contributed by atoms with E-state index in [1.165, 1.54) is 6.07 Å². The monoisotopic (exact) mass is 383 g/mol. The number of carbonyl (C=O) groups excluding carboxylic acids is 2. The standard InChI is InChI=1S/C18H16Cl2FNO3/c19-14-6-5-12(9-15(14)20)10-18(24)25-11-17(23)22-8-7-13-3-1-2-4-16(13)21/h1-6,9H,7-8,10-11H2,(H,22,23). The normalized spacial score (nSPS) is 10.4. The minimum atomic E-state index is -0.553. The fraction of sp³-hybridized carbons (Fsp3) is 0.222.